The summed E-state index contributed by atoms with van der Waals surface area (Å²) >= 11 is 1.59. The van der Waals surface area contributed by atoms with Gasteiger partial charge in [-0.25, -0.2) is 9.37 Å². The maximum absolute atomic E-state index is 12.9. The summed E-state index contributed by atoms with van der Waals surface area (Å²) in [6.07, 6.45) is 2.71. The van der Waals surface area contributed by atoms with Gasteiger partial charge in [0.05, 0.1) is 0 Å². The first-order chi connectivity index (χ1) is 8.78. The molecule has 0 radical (unpaired) electrons. The quantitative estimate of drug-likeness (QED) is 0.632. The van der Waals surface area contributed by atoms with Gasteiger partial charge in [0.1, 0.15) is 22.2 Å². The normalized spacial score (nSPS) is 16.8. The van der Waals surface area contributed by atoms with Gasteiger partial charge in [0.25, 0.3) is 0 Å². The Labute approximate surface area is 108 Å². The topological polar surface area (TPSA) is 45.5 Å². The van der Waals surface area contributed by atoms with E-state index in [0.717, 1.165) is 40.4 Å². The number of hydrogen-bond acceptors (Lipinski definition) is 4. The smallest absolute Gasteiger partial charge is 0.124 e. The summed E-state index contributed by atoms with van der Waals surface area (Å²) in [6.45, 7) is 0. The molecule has 1 heterocycles. The van der Waals surface area contributed by atoms with E-state index in [1.54, 1.807) is 23.5 Å². The van der Waals surface area contributed by atoms with Gasteiger partial charge < -0.3 is 5.21 Å². The Morgan fingerprint density at radius 2 is 2.00 bits per heavy atom. The van der Waals surface area contributed by atoms with Crippen LogP contribution in [-0.2, 0) is 6.42 Å². The van der Waals surface area contributed by atoms with Crippen LogP contribution in [0.25, 0.3) is 10.6 Å². The van der Waals surface area contributed by atoms with Gasteiger partial charge in [-0.3, -0.25) is 0 Å². The van der Waals surface area contributed by atoms with E-state index in [1.807, 2.05) is 0 Å². The van der Waals surface area contributed by atoms with E-state index in [9.17, 15) is 4.39 Å². The van der Waals surface area contributed by atoms with Crippen LogP contribution in [-0.4, -0.2) is 15.9 Å². The number of nitrogens with zero attached hydrogens (tertiary/aromatic N) is 2. The predicted octanol–water partition coefficient (Wildman–Crippen LogP) is 3.46. The Bertz CT molecular complexity index is 604. The van der Waals surface area contributed by atoms with Crippen LogP contribution in [0.15, 0.2) is 29.4 Å². The van der Waals surface area contributed by atoms with Crippen molar-refractivity contribution >= 4 is 17.0 Å². The average molecular weight is 262 g/mol. The molecule has 0 amide bonds. The van der Waals surface area contributed by atoms with Crippen LogP contribution in [0.5, 0.6) is 0 Å². The second kappa shape index (κ2) is 4.49. The molecule has 92 valence electrons. The molecule has 0 spiro atoms. The molecule has 3 rings (SSSR count). The van der Waals surface area contributed by atoms with Crippen molar-refractivity contribution in [2.45, 2.75) is 19.3 Å². The standard InChI is InChI=1S/C13H11FN2OS/c14-9-6-4-8(5-7-9)13-15-12-10(16-17)2-1-3-11(12)18-13/h4-7,17H,1-3H2. The van der Waals surface area contributed by atoms with Crippen molar-refractivity contribution in [3.8, 4) is 10.6 Å². The molecule has 0 atom stereocenters. The van der Waals surface area contributed by atoms with E-state index < -0.39 is 0 Å². The van der Waals surface area contributed by atoms with Gasteiger partial charge in [-0.15, -0.1) is 11.3 Å². The van der Waals surface area contributed by atoms with Crippen LogP contribution < -0.4 is 0 Å². The van der Waals surface area contributed by atoms with Crippen LogP contribution in [0.1, 0.15) is 23.4 Å². The number of aromatic nitrogens is 1. The highest BCUT2D eigenvalue weighted by Crippen LogP contribution is 2.32. The highest BCUT2D eigenvalue weighted by molar-refractivity contribution is 7.15. The first-order valence-electron chi connectivity index (χ1n) is 5.75. The van der Waals surface area contributed by atoms with Gasteiger partial charge in [0, 0.05) is 10.4 Å². The lowest BCUT2D eigenvalue weighted by Gasteiger charge is -2.09. The molecule has 0 fully saturated rings. The molecule has 0 saturated heterocycles. The molecule has 1 N–H and O–H groups in total. The lowest BCUT2D eigenvalue weighted by atomic mass is 10.0. The summed E-state index contributed by atoms with van der Waals surface area (Å²) in [5.41, 5.74) is 2.35. The van der Waals surface area contributed by atoms with Crippen LogP contribution in [0, 0.1) is 5.82 Å². The zero-order chi connectivity index (χ0) is 12.5. The summed E-state index contributed by atoms with van der Waals surface area (Å²) in [5, 5.41) is 13.1. The summed E-state index contributed by atoms with van der Waals surface area (Å²) in [4.78, 5) is 5.65. The molecule has 1 aliphatic rings. The Morgan fingerprint density at radius 3 is 2.72 bits per heavy atom. The minimum atomic E-state index is -0.252. The highest BCUT2D eigenvalue weighted by atomic mass is 32.1. The Hall–Kier alpha value is -1.75. The number of aryl methyl sites for hydroxylation is 1. The fourth-order valence-electron chi connectivity index (χ4n) is 2.09. The van der Waals surface area contributed by atoms with E-state index >= 15 is 0 Å². The van der Waals surface area contributed by atoms with Crippen molar-refractivity contribution in [1.82, 2.24) is 4.98 Å². The van der Waals surface area contributed by atoms with Gasteiger partial charge in [0.15, 0.2) is 0 Å². The molecule has 0 saturated carbocycles. The lowest BCUT2D eigenvalue weighted by molar-refractivity contribution is 0.317. The van der Waals surface area contributed by atoms with Crippen LogP contribution >= 0.6 is 11.3 Å². The largest absolute Gasteiger partial charge is 0.411 e. The lowest BCUT2D eigenvalue weighted by Crippen LogP contribution is -2.10. The molecule has 1 aromatic heterocycles. The maximum Gasteiger partial charge on any atom is 0.124 e. The predicted molar refractivity (Wildman–Crippen MR) is 68.8 cm³/mol. The minimum Gasteiger partial charge on any atom is -0.411 e. The van der Waals surface area contributed by atoms with E-state index in [4.69, 9.17) is 5.21 Å². The first kappa shape index (κ1) is 11.3. The molecule has 0 bridgehead atoms. The van der Waals surface area contributed by atoms with Crippen molar-refractivity contribution in [2.75, 3.05) is 0 Å². The number of thiazole rings is 1. The molecule has 18 heavy (non-hydrogen) atoms. The molecular formula is C13H11FN2OS. The molecule has 3 nitrogen and oxygen atoms in total. The minimum absolute atomic E-state index is 0.252. The maximum atomic E-state index is 12.9. The van der Waals surface area contributed by atoms with Crippen molar-refractivity contribution in [3.05, 3.63) is 40.7 Å². The van der Waals surface area contributed by atoms with E-state index in [-0.39, 0.29) is 5.82 Å². The van der Waals surface area contributed by atoms with Crippen LogP contribution in [0.4, 0.5) is 4.39 Å². The van der Waals surface area contributed by atoms with Crippen LogP contribution in [0.3, 0.4) is 0 Å². The van der Waals surface area contributed by atoms with E-state index in [2.05, 4.69) is 10.1 Å². The zero-order valence-electron chi connectivity index (χ0n) is 9.56. The average Bonchev–Trinajstić information content (AvgIpc) is 2.83. The number of benzene rings is 1. The molecule has 1 aromatic carbocycles. The first-order valence-corrected chi connectivity index (χ1v) is 6.56. The summed E-state index contributed by atoms with van der Waals surface area (Å²) in [7, 11) is 0. The molecule has 5 heteroatoms. The van der Waals surface area contributed by atoms with E-state index in [0.29, 0.717) is 5.71 Å². The molecule has 0 aliphatic heterocycles. The number of fused-ring (bicyclic) bond motifs is 1. The number of oxime groups is 1. The Morgan fingerprint density at radius 1 is 1.22 bits per heavy atom. The molecule has 0 unspecified atom stereocenters. The van der Waals surface area contributed by atoms with Crippen molar-refractivity contribution in [3.63, 3.8) is 0 Å². The Kier molecular flexibility index (Phi) is 2.83. The zero-order valence-corrected chi connectivity index (χ0v) is 10.4. The third-order valence-electron chi connectivity index (χ3n) is 3.00. The van der Waals surface area contributed by atoms with Crippen molar-refractivity contribution in [2.24, 2.45) is 5.16 Å². The van der Waals surface area contributed by atoms with Gasteiger partial charge >= 0.3 is 0 Å². The number of hydrogen-bond donors (Lipinski definition) is 1. The Balaban J connectivity index is 2.05. The molecule has 2 aromatic rings. The fraction of sp³-hybridized carbons (Fsp3) is 0.231. The monoisotopic (exact) mass is 262 g/mol. The van der Waals surface area contributed by atoms with E-state index in [1.165, 1.54) is 12.1 Å². The van der Waals surface area contributed by atoms with Crippen molar-refractivity contribution < 1.29 is 9.60 Å². The SMILES string of the molecule is ON=C1CCCc2sc(-c3ccc(F)cc3)nc21. The van der Waals surface area contributed by atoms with Crippen molar-refractivity contribution in [1.29, 1.82) is 0 Å². The van der Waals surface area contributed by atoms with Gasteiger partial charge in [-0.1, -0.05) is 5.16 Å². The summed E-state index contributed by atoms with van der Waals surface area (Å²) < 4.78 is 12.9. The molecule has 1 aliphatic carbocycles. The summed E-state index contributed by atoms with van der Waals surface area (Å²) in [6, 6.07) is 6.29. The fourth-order valence-corrected chi connectivity index (χ4v) is 3.23. The third-order valence-corrected chi connectivity index (χ3v) is 4.16. The van der Waals surface area contributed by atoms with Gasteiger partial charge in [-0.05, 0) is 43.5 Å². The summed E-state index contributed by atoms with van der Waals surface area (Å²) in [5.74, 6) is -0.252. The van der Waals surface area contributed by atoms with Gasteiger partial charge in [0.2, 0.25) is 0 Å². The number of halogens is 1. The van der Waals surface area contributed by atoms with Crippen LogP contribution in [0.2, 0.25) is 0 Å². The second-order valence-electron chi connectivity index (χ2n) is 4.20. The third kappa shape index (κ3) is 1.90. The second-order valence-corrected chi connectivity index (χ2v) is 5.28. The van der Waals surface area contributed by atoms with Gasteiger partial charge in [-0.2, -0.15) is 0 Å². The highest BCUT2D eigenvalue weighted by Gasteiger charge is 2.21. The molecular weight excluding hydrogens is 251 g/mol. The number of rotatable bonds is 1.